The Bertz CT molecular complexity index is 1530. The van der Waals surface area contributed by atoms with Gasteiger partial charge in [-0.15, -0.1) is 10.2 Å². The monoisotopic (exact) mass is 628 g/mol. The van der Waals surface area contributed by atoms with Gasteiger partial charge in [0, 0.05) is 41.6 Å². The standard InChI is InChI=1S/C26H22Br2N4O5/c1-35-17-3-5-22(36-2)18(14-17)21-4-6-23(30-29-21)31-7-9-32(10-8-31)25(33)19-12-15-11-16(27)13-20(28)24(15)37-26(19)34/h3-6,11-14H,7-10H2,1-2H3. The maximum Gasteiger partial charge on any atom is 0.349 e. The molecule has 2 aromatic heterocycles. The molecular weight excluding hydrogens is 608 g/mol. The number of piperazine rings is 1. The van der Waals surface area contributed by atoms with E-state index >= 15 is 0 Å². The summed E-state index contributed by atoms with van der Waals surface area (Å²) in [7, 11) is 3.21. The van der Waals surface area contributed by atoms with E-state index in [2.05, 4.69) is 47.0 Å². The van der Waals surface area contributed by atoms with Gasteiger partial charge in [-0.3, -0.25) is 4.79 Å². The largest absolute Gasteiger partial charge is 0.497 e. The van der Waals surface area contributed by atoms with Gasteiger partial charge >= 0.3 is 5.63 Å². The van der Waals surface area contributed by atoms with E-state index in [1.54, 1.807) is 37.3 Å². The number of carbonyl (C=O) groups excluding carboxylic acids is 1. The molecule has 5 rings (SSSR count). The number of hydrogen-bond acceptors (Lipinski definition) is 8. The van der Waals surface area contributed by atoms with Crippen LogP contribution in [0.25, 0.3) is 22.2 Å². The molecule has 0 N–H and O–H groups in total. The number of amides is 1. The lowest BCUT2D eigenvalue weighted by Gasteiger charge is -2.35. The zero-order valence-electron chi connectivity index (χ0n) is 20.0. The Labute approximate surface area is 229 Å². The average Bonchev–Trinajstić information content (AvgIpc) is 2.92. The van der Waals surface area contributed by atoms with Crippen molar-refractivity contribution in [2.45, 2.75) is 0 Å². The minimum absolute atomic E-state index is 0.0160. The predicted octanol–water partition coefficient (Wildman–Crippen LogP) is 4.75. The Morgan fingerprint density at radius 1 is 0.946 bits per heavy atom. The SMILES string of the molecule is COc1ccc(OC)c(-c2ccc(N3CCN(C(=O)c4cc5cc(Br)cc(Br)c5oc4=O)CC3)nn2)c1. The molecule has 0 unspecified atom stereocenters. The fourth-order valence-electron chi connectivity index (χ4n) is 4.27. The summed E-state index contributed by atoms with van der Waals surface area (Å²) in [5.74, 6) is 1.73. The molecule has 1 saturated heterocycles. The topological polar surface area (TPSA) is 98.0 Å². The molecule has 1 aliphatic heterocycles. The van der Waals surface area contributed by atoms with Crippen LogP contribution in [0, 0.1) is 0 Å². The van der Waals surface area contributed by atoms with E-state index in [1.165, 1.54) is 0 Å². The van der Waals surface area contributed by atoms with Crippen LogP contribution in [0.5, 0.6) is 11.5 Å². The maximum absolute atomic E-state index is 13.2. The molecule has 1 fully saturated rings. The first-order chi connectivity index (χ1) is 17.9. The van der Waals surface area contributed by atoms with Crippen molar-refractivity contribution in [2.24, 2.45) is 0 Å². The molecule has 3 heterocycles. The summed E-state index contributed by atoms with van der Waals surface area (Å²) in [4.78, 5) is 29.5. The first-order valence-electron chi connectivity index (χ1n) is 11.4. The fraction of sp³-hybridized carbons (Fsp3) is 0.231. The number of carbonyl (C=O) groups is 1. The van der Waals surface area contributed by atoms with Crippen LogP contribution in [0.1, 0.15) is 10.4 Å². The van der Waals surface area contributed by atoms with Gasteiger partial charge in [0.25, 0.3) is 5.91 Å². The van der Waals surface area contributed by atoms with Gasteiger partial charge in [-0.25, -0.2) is 4.79 Å². The number of halogens is 2. The van der Waals surface area contributed by atoms with Gasteiger partial charge in [0.05, 0.1) is 24.4 Å². The van der Waals surface area contributed by atoms with Gasteiger partial charge < -0.3 is 23.7 Å². The summed E-state index contributed by atoms with van der Waals surface area (Å²) in [5, 5.41) is 9.46. The van der Waals surface area contributed by atoms with Crippen LogP contribution < -0.4 is 20.0 Å². The third-order valence-electron chi connectivity index (χ3n) is 6.21. The van der Waals surface area contributed by atoms with Gasteiger partial charge in [0.15, 0.2) is 11.4 Å². The third kappa shape index (κ3) is 5.05. The van der Waals surface area contributed by atoms with Gasteiger partial charge in [-0.2, -0.15) is 0 Å². The Hall–Kier alpha value is -3.44. The molecule has 0 spiro atoms. The molecule has 1 amide bonds. The maximum atomic E-state index is 13.2. The van der Waals surface area contributed by atoms with E-state index in [9.17, 15) is 9.59 Å². The van der Waals surface area contributed by atoms with E-state index in [0.29, 0.717) is 64.6 Å². The molecule has 0 radical (unpaired) electrons. The minimum Gasteiger partial charge on any atom is -0.497 e. The Morgan fingerprint density at radius 3 is 2.41 bits per heavy atom. The lowest BCUT2D eigenvalue weighted by molar-refractivity contribution is 0.0742. The number of anilines is 1. The number of ether oxygens (including phenoxy) is 2. The van der Waals surface area contributed by atoms with Crippen molar-refractivity contribution >= 4 is 54.6 Å². The van der Waals surface area contributed by atoms with Crippen LogP contribution in [0.15, 0.2) is 66.7 Å². The molecule has 4 aromatic rings. The van der Waals surface area contributed by atoms with Crippen LogP contribution in [-0.2, 0) is 0 Å². The molecule has 0 atom stereocenters. The fourth-order valence-corrected chi connectivity index (χ4v) is 5.61. The Morgan fingerprint density at radius 2 is 1.73 bits per heavy atom. The summed E-state index contributed by atoms with van der Waals surface area (Å²) < 4.78 is 17.7. The van der Waals surface area contributed by atoms with E-state index in [4.69, 9.17) is 13.9 Å². The number of nitrogens with zero attached hydrogens (tertiary/aromatic N) is 4. The molecule has 9 nitrogen and oxygen atoms in total. The second-order valence-corrected chi connectivity index (χ2v) is 10.1. The molecule has 0 bridgehead atoms. The smallest absolute Gasteiger partial charge is 0.349 e. The molecular formula is C26H22Br2N4O5. The lowest BCUT2D eigenvalue weighted by Crippen LogP contribution is -2.49. The Balaban J connectivity index is 1.30. The van der Waals surface area contributed by atoms with Crippen molar-refractivity contribution in [3.8, 4) is 22.8 Å². The molecule has 1 aliphatic rings. The normalized spacial score (nSPS) is 13.6. The summed E-state index contributed by atoms with van der Waals surface area (Å²) in [5.41, 5.74) is 1.21. The predicted molar refractivity (Wildman–Crippen MR) is 147 cm³/mol. The lowest BCUT2D eigenvalue weighted by atomic mass is 10.1. The van der Waals surface area contributed by atoms with Gasteiger partial charge in [-0.05, 0) is 64.5 Å². The van der Waals surface area contributed by atoms with E-state index in [1.807, 2.05) is 30.3 Å². The third-order valence-corrected chi connectivity index (χ3v) is 7.25. The van der Waals surface area contributed by atoms with Crippen LogP contribution in [0.3, 0.4) is 0 Å². The number of methoxy groups -OCH3 is 2. The first-order valence-corrected chi connectivity index (χ1v) is 13.0. The summed E-state index contributed by atoms with van der Waals surface area (Å²) in [6, 6.07) is 14.5. The van der Waals surface area contributed by atoms with E-state index in [0.717, 1.165) is 10.0 Å². The quantitative estimate of drug-likeness (QED) is 0.292. The first kappa shape index (κ1) is 25.2. The summed E-state index contributed by atoms with van der Waals surface area (Å²) in [6.45, 7) is 1.98. The van der Waals surface area contributed by atoms with Crippen molar-refractivity contribution in [2.75, 3.05) is 45.3 Å². The van der Waals surface area contributed by atoms with Crippen LogP contribution in [-0.4, -0.2) is 61.4 Å². The Kier molecular flexibility index (Phi) is 7.16. The number of benzene rings is 2. The number of rotatable bonds is 5. The molecule has 37 heavy (non-hydrogen) atoms. The van der Waals surface area contributed by atoms with Crippen LogP contribution in [0.2, 0.25) is 0 Å². The number of fused-ring (bicyclic) bond motifs is 1. The highest BCUT2D eigenvalue weighted by molar-refractivity contribution is 9.11. The van der Waals surface area contributed by atoms with Gasteiger partial charge in [0.1, 0.15) is 17.1 Å². The number of aromatic nitrogens is 2. The van der Waals surface area contributed by atoms with Crippen molar-refractivity contribution in [1.82, 2.24) is 15.1 Å². The van der Waals surface area contributed by atoms with Crippen molar-refractivity contribution in [3.05, 3.63) is 73.5 Å². The molecule has 11 heteroatoms. The molecule has 0 aliphatic carbocycles. The van der Waals surface area contributed by atoms with Crippen LogP contribution in [0.4, 0.5) is 5.82 Å². The second kappa shape index (κ2) is 10.5. The minimum atomic E-state index is -0.655. The molecule has 0 saturated carbocycles. The summed E-state index contributed by atoms with van der Waals surface area (Å²) in [6.07, 6.45) is 0. The van der Waals surface area contributed by atoms with E-state index in [-0.39, 0.29) is 11.5 Å². The molecule has 2 aromatic carbocycles. The van der Waals surface area contributed by atoms with Crippen molar-refractivity contribution in [1.29, 1.82) is 0 Å². The summed E-state index contributed by atoms with van der Waals surface area (Å²) >= 11 is 6.82. The van der Waals surface area contributed by atoms with Gasteiger partial charge in [-0.1, -0.05) is 15.9 Å². The highest BCUT2D eigenvalue weighted by Gasteiger charge is 2.26. The average molecular weight is 630 g/mol. The highest BCUT2D eigenvalue weighted by Crippen LogP contribution is 2.32. The highest BCUT2D eigenvalue weighted by atomic mass is 79.9. The second-order valence-electron chi connectivity index (χ2n) is 8.38. The van der Waals surface area contributed by atoms with Crippen LogP contribution >= 0.6 is 31.9 Å². The van der Waals surface area contributed by atoms with Crippen molar-refractivity contribution < 1.29 is 18.7 Å². The molecule has 190 valence electrons. The zero-order chi connectivity index (χ0) is 26.1. The van der Waals surface area contributed by atoms with Crippen molar-refractivity contribution in [3.63, 3.8) is 0 Å². The number of hydrogen-bond donors (Lipinski definition) is 0. The van der Waals surface area contributed by atoms with Gasteiger partial charge in [0.2, 0.25) is 0 Å². The zero-order valence-corrected chi connectivity index (χ0v) is 23.2. The van der Waals surface area contributed by atoms with E-state index < -0.39 is 5.63 Å².